The summed E-state index contributed by atoms with van der Waals surface area (Å²) in [7, 11) is 1.36. The van der Waals surface area contributed by atoms with Gasteiger partial charge in [0.25, 0.3) is 0 Å². The van der Waals surface area contributed by atoms with Crippen LogP contribution in [0.2, 0.25) is 0 Å². The molecule has 1 N–H and O–H groups in total. The summed E-state index contributed by atoms with van der Waals surface area (Å²) in [5.74, 6) is 2.78. The third-order valence-corrected chi connectivity index (χ3v) is 10.4. The molecule has 0 aromatic carbocycles. The van der Waals surface area contributed by atoms with Crippen molar-refractivity contribution < 1.29 is 17.4 Å². The second-order valence-electron chi connectivity index (χ2n) is 11.7. The zero-order valence-electron chi connectivity index (χ0n) is 21.5. The number of fused-ring (bicyclic) bond motifs is 5. The Hall–Kier alpha value is -1.13. The Kier molecular flexibility index (Phi) is 4.82. The van der Waals surface area contributed by atoms with E-state index in [-0.39, 0.29) is 16.7 Å². The van der Waals surface area contributed by atoms with Gasteiger partial charge in [-0.3, -0.25) is 4.79 Å². The number of hydrogen-bond donors (Lipinski definition) is 1. The van der Waals surface area contributed by atoms with Crippen LogP contribution in [0.1, 0.15) is 74.4 Å². The average molecular weight is 430 g/mol. The minimum Gasteiger partial charge on any atom is -0.387 e. The van der Waals surface area contributed by atoms with E-state index in [1.807, 2.05) is 29.1 Å². The topological polar surface area (TPSA) is 51.5 Å². The monoisotopic (exact) mass is 429 g/mol. The first-order valence-electron chi connectivity index (χ1n) is 13.5. The van der Waals surface area contributed by atoms with Gasteiger partial charge in [0.05, 0.1) is 21.4 Å². The first-order chi connectivity index (χ1) is 15.5. The molecule has 0 radical (unpaired) electrons. The molecule has 1 heterocycles. The summed E-state index contributed by atoms with van der Waals surface area (Å²) >= 11 is 0. The molecular formula is C27H41NO3. The minimum atomic E-state index is -2.00. The van der Waals surface area contributed by atoms with E-state index in [4.69, 9.17) is 7.48 Å². The van der Waals surface area contributed by atoms with Crippen molar-refractivity contribution in [3.63, 3.8) is 0 Å². The highest BCUT2D eigenvalue weighted by Crippen LogP contribution is 2.68. The quantitative estimate of drug-likeness (QED) is 0.709. The van der Waals surface area contributed by atoms with E-state index in [1.54, 1.807) is 0 Å². The summed E-state index contributed by atoms with van der Waals surface area (Å²) < 4.78 is 23.6. The van der Waals surface area contributed by atoms with E-state index in [0.717, 1.165) is 44.9 Å². The molecule has 5 rings (SSSR count). The van der Waals surface area contributed by atoms with E-state index in [9.17, 15) is 9.90 Å². The van der Waals surface area contributed by atoms with Gasteiger partial charge in [-0.15, -0.1) is 0 Å². The molecule has 8 atom stereocenters. The Morgan fingerprint density at radius 3 is 2.55 bits per heavy atom. The Morgan fingerprint density at radius 2 is 1.81 bits per heavy atom. The molecular weight excluding hydrogens is 386 g/mol. The number of methoxy groups -OCH3 is 1. The fraction of sp³-hybridized carbons (Fsp3) is 0.815. The molecule has 172 valence electrons. The van der Waals surface area contributed by atoms with Crippen molar-refractivity contribution in [3.8, 4) is 0 Å². The highest BCUT2D eigenvalue weighted by atomic mass is 16.5. The maximum atomic E-state index is 13.3. The van der Waals surface area contributed by atoms with E-state index >= 15 is 0 Å². The fourth-order valence-electron chi connectivity index (χ4n) is 8.82. The minimum absolute atomic E-state index is 0.109. The number of carbonyl (C=O) groups excluding carboxylic acids is 1. The molecule has 4 heteroatoms. The number of carbonyl (C=O) groups is 1. The summed E-state index contributed by atoms with van der Waals surface area (Å²) in [5, 5.41) is 11.2. The number of nitrogens with zero attached hydrogens (tertiary/aromatic N) is 1. The van der Waals surface area contributed by atoms with E-state index in [0.29, 0.717) is 48.8 Å². The van der Waals surface area contributed by atoms with Crippen LogP contribution < -0.4 is 0 Å². The fourth-order valence-corrected chi connectivity index (χ4v) is 8.82. The lowest BCUT2D eigenvalue weighted by Crippen LogP contribution is -2.56. The highest BCUT2D eigenvalue weighted by molar-refractivity contribution is 5.82. The van der Waals surface area contributed by atoms with Crippen LogP contribution in [0.3, 0.4) is 0 Å². The Morgan fingerprint density at radius 1 is 1.06 bits per heavy atom. The van der Waals surface area contributed by atoms with Gasteiger partial charge >= 0.3 is 0 Å². The SMILES string of the molecule is [2H]C([2H])(OC)[C@@]1(O)CC[C@@]2(C)[C@@H](CC[C@@H]3[C@@H]2CC[C@]2(C)[C@@H](C(=O)Cn4cccc4)CC[C@@H]32)C1. The van der Waals surface area contributed by atoms with Crippen molar-refractivity contribution in [2.24, 2.45) is 40.4 Å². The lowest BCUT2D eigenvalue weighted by molar-refractivity contribution is -0.164. The number of Topliss-reactive ketones (excluding diaryl/α,β-unsaturated/α-hetero) is 1. The first-order valence-corrected chi connectivity index (χ1v) is 12.5. The van der Waals surface area contributed by atoms with Gasteiger partial charge < -0.3 is 14.4 Å². The normalized spacial score (nSPS) is 48.2. The summed E-state index contributed by atoms with van der Waals surface area (Å²) in [4.78, 5) is 13.3. The van der Waals surface area contributed by atoms with Crippen molar-refractivity contribution in [3.05, 3.63) is 24.5 Å². The van der Waals surface area contributed by atoms with E-state index in [2.05, 4.69) is 13.8 Å². The first kappa shape index (κ1) is 19.3. The lowest BCUT2D eigenvalue weighted by Gasteiger charge is -2.62. The molecule has 0 aliphatic heterocycles. The van der Waals surface area contributed by atoms with Crippen LogP contribution in [0.5, 0.6) is 0 Å². The number of hydrogen-bond acceptors (Lipinski definition) is 3. The molecule has 0 unspecified atom stereocenters. The van der Waals surface area contributed by atoms with E-state index < -0.39 is 12.2 Å². The standard InChI is InChI=1S/C27H41NO3/c1-25-12-13-27(30,18-31-3)16-19(25)6-7-20-21-8-9-23(26(21,2)11-10-22(20)25)24(29)17-28-14-4-5-15-28/h4-5,14-15,19-23,30H,6-13,16-18H2,1-3H3/t19-,20-,21-,22-,23+,25-,26-,27+/m0/s1/i18D2. The average Bonchev–Trinajstić information content (AvgIpc) is 3.41. The maximum Gasteiger partial charge on any atom is 0.156 e. The molecule has 0 saturated heterocycles. The summed E-state index contributed by atoms with van der Waals surface area (Å²) in [6.45, 7) is 3.31. The molecule has 4 saturated carbocycles. The van der Waals surface area contributed by atoms with Crippen LogP contribution in [0.25, 0.3) is 0 Å². The molecule has 4 fully saturated rings. The van der Waals surface area contributed by atoms with Crippen LogP contribution >= 0.6 is 0 Å². The summed E-state index contributed by atoms with van der Waals surface area (Å²) in [5.41, 5.74) is -1.14. The number of aromatic nitrogens is 1. The second-order valence-corrected chi connectivity index (χ2v) is 11.7. The number of rotatable bonds is 5. The van der Waals surface area contributed by atoms with Gasteiger partial charge in [-0.2, -0.15) is 0 Å². The number of ether oxygens (including phenoxy) is 1. The van der Waals surface area contributed by atoms with Gasteiger partial charge in [-0.25, -0.2) is 0 Å². The lowest BCUT2D eigenvalue weighted by atomic mass is 9.44. The molecule has 1 aromatic heterocycles. The van der Waals surface area contributed by atoms with Crippen molar-refractivity contribution in [2.45, 2.75) is 83.8 Å². The molecule has 0 bridgehead atoms. The van der Waals surface area contributed by atoms with Gasteiger partial charge in [0.1, 0.15) is 0 Å². The van der Waals surface area contributed by atoms with Crippen molar-refractivity contribution in [1.29, 1.82) is 0 Å². The molecule has 0 amide bonds. The van der Waals surface area contributed by atoms with Gasteiger partial charge in [-0.05, 0) is 104 Å². The predicted octanol–water partition coefficient (Wildman–Crippen LogP) is 5.09. The third-order valence-electron chi connectivity index (χ3n) is 10.4. The zero-order chi connectivity index (χ0) is 23.6. The number of ketones is 1. The highest BCUT2D eigenvalue weighted by Gasteiger charge is 2.62. The van der Waals surface area contributed by atoms with Gasteiger partial charge in [0, 0.05) is 25.4 Å². The zero-order valence-corrected chi connectivity index (χ0v) is 19.5. The number of aliphatic hydroxyl groups is 1. The predicted molar refractivity (Wildman–Crippen MR) is 121 cm³/mol. The summed E-state index contributed by atoms with van der Waals surface area (Å²) in [6.07, 6.45) is 12.5. The van der Waals surface area contributed by atoms with Crippen molar-refractivity contribution in [2.75, 3.05) is 13.7 Å². The summed E-state index contributed by atoms with van der Waals surface area (Å²) in [6, 6.07) is 3.97. The second kappa shape index (κ2) is 7.73. The van der Waals surface area contributed by atoms with Crippen LogP contribution in [-0.2, 0) is 16.1 Å². The molecule has 0 spiro atoms. The molecule has 4 aliphatic rings. The van der Waals surface area contributed by atoms with Crippen LogP contribution in [0.15, 0.2) is 24.5 Å². The molecule has 1 aromatic rings. The van der Waals surface area contributed by atoms with E-state index in [1.165, 1.54) is 7.11 Å². The third kappa shape index (κ3) is 3.44. The molecule has 31 heavy (non-hydrogen) atoms. The van der Waals surface area contributed by atoms with Gasteiger partial charge in [0.2, 0.25) is 0 Å². The van der Waals surface area contributed by atoms with Crippen molar-refractivity contribution >= 4 is 5.78 Å². The Labute approximate surface area is 190 Å². The molecule has 4 aliphatic carbocycles. The largest absolute Gasteiger partial charge is 0.387 e. The van der Waals surface area contributed by atoms with Crippen LogP contribution in [0, 0.1) is 40.4 Å². The smallest absolute Gasteiger partial charge is 0.156 e. The Bertz CT molecular complexity index is 888. The van der Waals surface area contributed by atoms with Gasteiger partial charge in [0.15, 0.2) is 5.78 Å². The van der Waals surface area contributed by atoms with Crippen LogP contribution in [-0.4, -0.2) is 34.7 Å². The molecule has 4 nitrogen and oxygen atoms in total. The van der Waals surface area contributed by atoms with Crippen LogP contribution in [0.4, 0.5) is 0 Å². The van der Waals surface area contributed by atoms with Crippen molar-refractivity contribution in [1.82, 2.24) is 4.57 Å². The maximum absolute atomic E-state index is 13.3. The van der Waals surface area contributed by atoms with Gasteiger partial charge in [-0.1, -0.05) is 13.8 Å². The Balaban J connectivity index is 1.34.